The van der Waals surface area contributed by atoms with E-state index in [-0.39, 0.29) is 18.3 Å². The number of methoxy groups -OCH3 is 1. The van der Waals surface area contributed by atoms with Gasteiger partial charge in [-0.05, 0) is 30.3 Å². The fourth-order valence-corrected chi connectivity index (χ4v) is 1.98. The van der Waals surface area contributed by atoms with Crippen LogP contribution in [0.15, 0.2) is 42.5 Å². The molecule has 0 saturated carbocycles. The molecule has 0 aromatic heterocycles. The van der Waals surface area contributed by atoms with Gasteiger partial charge in [0.15, 0.2) is 6.61 Å². The Morgan fingerprint density at radius 2 is 1.92 bits per heavy atom. The van der Waals surface area contributed by atoms with Crippen LogP contribution in [-0.4, -0.2) is 25.5 Å². The number of hydrogen-bond donors (Lipinski definition) is 2. The molecule has 0 radical (unpaired) electrons. The van der Waals surface area contributed by atoms with Gasteiger partial charge in [-0.2, -0.15) is 0 Å². The average molecular weight is 332 g/mol. The van der Waals surface area contributed by atoms with Gasteiger partial charge in [0.05, 0.1) is 12.8 Å². The number of benzene rings is 2. The van der Waals surface area contributed by atoms with E-state index in [2.05, 4.69) is 10.6 Å². The molecule has 0 unspecified atom stereocenters. The lowest BCUT2D eigenvalue weighted by molar-refractivity contribution is -0.118. The second-order valence-electron chi connectivity index (χ2n) is 4.89. The molecule has 2 aromatic rings. The lowest BCUT2D eigenvalue weighted by atomic mass is 10.2. The minimum absolute atomic E-state index is 0.230. The highest BCUT2D eigenvalue weighted by Crippen LogP contribution is 2.27. The molecular weight excluding hydrogens is 315 g/mol. The number of carbonyl (C=O) groups excluding carboxylic acids is 2. The maximum atomic E-state index is 13.1. The van der Waals surface area contributed by atoms with E-state index in [1.807, 2.05) is 0 Å². The van der Waals surface area contributed by atoms with E-state index >= 15 is 0 Å². The zero-order chi connectivity index (χ0) is 17.5. The van der Waals surface area contributed by atoms with E-state index < -0.39 is 11.7 Å². The summed E-state index contributed by atoms with van der Waals surface area (Å²) in [6.45, 7) is 1.09. The van der Waals surface area contributed by atoms with Crippen LogP contribution in [0.1, 0.15) is 6.92 Å². The summed E-state index contributed by atoms with van der Waals surface area (Å²) >= 11 is 0. The highest BCUT2D eigenvalue weighted by Gasteiger charge is 2.10. The lowest BCUT2D eigenvalue weighted by Crippen LogP contribution is -2.20. The predicted octanol–water partition coefficient (Wildman–Crippen LogP) is 2.81. The average Bonchev–Trinajstić information content (AvgIpc) is 2.53. The van der Waals surface area contributed by atoms with Crippen molar-refractivity contribution in [3.8, 4) is 11.5 Å². The molecule has 0 aliphatic heterocycles. The van der Waals surface area contributed by atoms with Crippen LogP contribution in [0, 0.1) is 5.82 Å². The molecule has 24 heavy (non-hydrogen) atoms. The molecule has 0 heterocycles. The molecule has 2 aromatic carbocycles. The molecule has 6 nitrogen and oxygen atoms in total. The van der Waals surface area contributed by atoms with Gasteiger partial charge in [0, 0.05) is 18.7 Å². The Morgan fingerprint density at radius 1 is 1.12 bits per heavy atom. The van der Waals surface area contributed by atoms with Crippen molar-refractivity contribution in [2.45, 2.75) is 6.92 Å². The van der Waals surface area contributed by atoms with Gasteiger partial charge >= 0.3 is 0 Å². The predicted molar refractivity (Wildman–Crippen MR) is 87.8 cm³/mol. The summed E-state index contributed by atoms with van der Waals surface area (Å²) in [6, 6.07) is 10.3. The van der Waals surface area contributed by atoms with E-state index in [1.54, 1.807) is 24.3 Å². The maximum absolute atomic E-state index is 13.1. The van der Waals surface area contributed by atoms with E-state index in [0.717, 1.165) is 0 Å². The number of rotatable bonds is 6. The van der Waals surface area contributed by atoms with Gasteiger partial charge < -0.3 is 20.1 Å². The number of hydrogen-bond acceptors (Lipinski definition) is 4. The van der Waals surface area contributed by atoms with Crippen molar-refractivity contribution in [1.29, 1.82) is 0 Å². The van der Waals surface area contributed by atoms with Gasteiger partial charge in [-0.3, -0.25) is 9.59 Å². The van der Waals surface area contributed by atoms with Gasteiger partial charge in [-0.1, -0.05) is 6.07 Å². The number of amides is 2. The van der Waals surface area contributed by atoms with Gasteiger partial charge in [0.2, 0.25) is 5.91 Å². The molecule has 2 N–H and O–H groups in total. The molecule has 126 valence electrons. The molecule has 0 spiro atoms. The van der Waals surface area contributed by atoms with Crippen LogP contribution in [0.4, 0.5) is 15.8 Å². The van der Waals surface area contributed by atoms with Crippen molar-refractivity contribution in [3.05, 3.63) is 48.3 Å². The Hall–Kier alpha value is -3.09. The van der Waals surface area contributed by atoms with Crippen LogP contribution in [0.2, 0.25) is 0 Å². The van der Waals surface area contributed by atoms with Gasteiger partial charge in [0.25, 0.3) is 5.91 Å². The smallest absolute Gasteiger partial charge is 0.262 e. The van der Waals surface area contributed by atoms with Gasteiger partial charge in [-0.25, -0.2) is 4.39 Å². The third kappa shape index (κ3) is 4.98. The fraction of sp³-hybridized carbons (Fsp3) is 0.176. The Balaban J connectivity index is 2.03. The molecule has 0 fully saturated rings. The third-order valence-electron chi connectivity index (χ3n) is 2.96. The fourth-order valence-electron chi connectivity index (χ4n) is 1.98. The topological polar surface area (TPSA) is 76.7 Å². The summed E-state index contributed by atoms with van der Waals surface area (Å²) in [7, 11) is 1.46. The first-order valence-electron chi connectivity index (χ1n) is 7.12. The zero-order valence-corrected chi connectivity index (χ0v) is 13.3. The Kier molecular flexibility index (Phi) is 5.73. The number of anilines is 2. The molecule has 0 saturated heterocycles. The van der Waals surface area contributed by atoms with Crippen molar-refractivity contribution in [3.63, 3.8) is 0 Å². The molecule has 2 amide bonds. The minimum Gasteiger partial charge on any atom is -0.495 e. The largest absolute Gasteiger partial charge is 0.495 e. The number of halogens is 1. The van der Waals surface area contributed by atoms with Crippen molar-refractivity contribution < 1.29 is 23.5 Å². The van der Waals surface area contributed by atoms with Crippen molar-refractivity contribution in [2.24, 2.45) is 0 Å². The zero-order valence-electron chi connectivity index (χ0n) is 13.3. The highest BCUT2D eigenvalue weighted by atomic mass is 19.1. The number of ether oxygens (including phenoxy) is 2. The summed E-state index contributed by atoms with van der Waals surface area (Å²) in [4.78, 5) is 23.1. The van der Waals surface area contributed by atoms with Crippen LogP contribution >= 0.6 is 0 Å². The first kappa shape index (κ1) is 17.3. The Bertz CT molecular complexity index is 749. The lowest BCUT2D eigenvalue weighted by Gasteiger charge is -2.13. The Labute approximate surface area is 138 Å². The normalized spacial score (nSPS) is 9.96. The SMILES string of the molecule is COc1ccc(NC(C)=O)cc1NC(=O)COc1cccc(F)c1. The molecule has 7 heteroatoms. The summed E-state index contributed by atoms with van der Waals surface area (Å²) in [5, 5.41) is 5.24. The third-order valence-corrected chi connectivity index (χ3v) is 2.96. The van der Waals surface area contributed by atoms with E-state index in [9.17, 15) is 14.0 Å². The quantitative estimate of drug-likeness (QED) is 0.853. The number of nitrogens with one attached hydrogen (secondary N) is 2. The maximum Gasteiger partial charge on any atom is 0.262 e. The molecule has 0 aliphatic carbocycles. The van der Waals surface area contributed by atoms with E-state index in [1.165, 1.54) is 32.2 Å². The van der Waals surface area contributed by atoms with Gasteiger partial charge in [0.1, 0.15) is 17.3 Å². The summed E-state index contributed by atoms with van der Waals surface area (Å²) in [5.74, 6) is -0.436. The molecule has 2 rings (SSSR count). The first-order chi connectivity index (χ1) is 11.5. The monoisotopic (exact) mass is 332 g/mol. The van der Waals surface area contributed by atoms with Crippen LogP contribution in [0.25, 0.3) is 0 Å². The standard InChI is InChI=1S/C17H17FN2O4/c1-11(21)19-13-6-7-16(23-2)15(9-13)20-17(22)10-24-14-5-3-4-12(18)8-14/h3-9H,10H2,1-2H3,(H,19,21)(H,20,22). The molecule has 0 bridgehead atoms. The second kappa shape index (κ2) is 7.96. The molecule has 0 aliphatic rings. The van der Waals surface area contributed by atoms with E-state index in [4.69, 9.17) is 9.47 Å². The van der Waals surface area contributed by atoms with Crippen LogP contribution < -0.4 is 20.1 Å². The molecule has 0 atom stereocenters. The molecular formula is C17H17FN2O4. The first-order valence-corrected chi connectivity index (χ1v) is 7.12. The summed E-state index contributed by atoms with van der Waals surface area (Å²) in [5.41, 5.74) is 0.904. The van der Waals surface area contributed by atoms with Crippen LogP contribution in [-0.2, 0) is 9.59 Å². The van der Waals surface area contributed by atoms with Gasteiger partial charge in [-0.15, -0.1) is 0 Å². The second-order valence-corrected chi connectivity index (χ2v) is 4.89. The Morgan fingerprint density at radius 3 is 2.58 bits per heavy atom. The van der Waals surface area contributed by atoms with Crippen molar-refractivity contribution in [1.82, 2.24) is 0 Å². The van der Waals surface area contributed by atoms with Crippen LogP contribution in [0.3, 0.4) is 0 Å². The summed E-state index contributed by atoms with van der Waals surface area (Å²) in [6.07, 6.45) is 0. The highest BCUT2D eigenvalue weighted by molar-refractivity contribution is 5.95. The van der Waals surface area contributed by atoms with Crippen LogP contribution in [0.5, 0.6) is 11.5 Å². The van der Waals surface area contributed by atoms with Crippen molar-refractivity contribution >= 4 is 23.2 Å². The van der Waals surface area contributed by atoms with E-state index in [0.29, 0.717) is 17.1 Å². The number of carbonyl (C=O) groups is 2. The van der Waals surface area contributed by atoms with Crippen molar-refractivity contribution in [2.75, 3.05) is 24.4 Å². The minimum atomic E-state index is -0.447. The summed E-state index contributed by atoms with van der Waals surface area (Å²) < 4.78 is 23.4.